The molecular weight excluding hydrogens is 412 g/mol. The zero-order valence-corrected chi connectivity index (χ0v) is 17.8. The Kier molecular flexibility index (Phi) is 6.34. The molecule has 0 aliphatic rings. The van der Waals surface area contributed by atoms with Crippen molar-refractivity contribution in [1.82, 2.24) is 33.7 Å². The summed E-state index contributed by atoms with van der Waals surface area (Å²) < 4.78 is 3.77. The fourth-order valence-corrected chi connectivity index (χ4v) is 3.29. The highest BCUT2D eigenvalue weighted by atomic mass is 32.2. The topological polar surface area (TPSA) is 153 Å². The van der Waals surface area contributed by atoms with E-state index in [1.807, 2.05) is 13.8 Å². The van der Waals surface area contributed by atoms with E-state index in [9.17, 15) is 14.4 Å². The predicted molar refractivity (Wildman–Crippen MR) is 113 cm³/mol. The summed E-state index contributed by atoms with van der Waals surface area (Å²) in [4.78, 5) is 44.9. The van der Waals surface area contributed by atoms with Crippen molar-refractivity contribution in [2.75, 3.05) is 34.8 Å². The Balaban J connectivity index is 1.80. The van der Waals surface area contributed by atoms with Crippen molar-refractivity contribution in [3.05, 3.63) is 26.9 Å². The number of fused-ring (bicyclic) bond motifs is 1. The van der Waals surface area contributed by atoms with E-state index in [0.29, 0.717) is 35.9 Å². The van der Waals surface area contributed by atoms with Gasteiger partial charge in [-0.1, -0.05) is 11.8 Å². The van der Waals surface area contributed by atoms with Gasteiger partial charge < -0.3 is 16.0 Å². The van der Waals surface area contributed by atoms with Crippen LogP contribution in [0, 0.1) is 0 Å². The SMILES string of the molecule is CCNc1nc(NCC)n2c(SCC(=O)Nc3cc(=O)n(C)c(=O)n3C)nnc2n1. The fraction of sp³-hybridized carbons (Fsp3) is 0.438. The van der Waals surface area contributed by atoms with Crippen LogP contribution in [0.25, 0.3) is 5.78 Å². The zero-order valence-electron chi connectivity index (χ0n) is 17.0. The van der Waals surface area contributed by atoms with Gasteiger partial charge in [0.1, 0.15) is 5.82 Å². The van der Waals surface area contributed by atoms with Crippen LogP contribution in [0.1, 0.15) is 13.8 Å². The standard InChI is InChI=1S/C16H22N10O3S/c1-5-17-12-20-13(18-6-2)26-14(21-12)22-23-15(26)30-8-10(27)19-9-7-11(28)25(4)16(29)24(9)3/h7H,5-6,8H2,1-4H3,(H,19,27)(H2,17,18,20,21,22). The van der Waals surface area contributed by atoms with Crippen LogP contribution in [0.3, 0.4) is 0 Å². The first kappa shape index (κ1) is 21.3. The Morgan fingerprint density at radius 2 is 1.80 bits per heavy atom. The molecule has 0 aliphatic carbocycles. The smallest absolute Gasteiger partial charge is 0.332 e. The third-order valence-corrected chi connectivity index (χ3v) is 4.97. The van der Waals surface area contributed by atoms with Crippen LogP contribution in [0.2, 0.25) is 0 Å². The van der Waals surface area contributed by atoms with E-state index in [1.54, 1.807) is 4.40 Å². The van der Waals surface area contributed by atoms with Crippen LogP contribution < -0.4 is 27.2 Å². The maximum absolute atomic E-state index is 12.4. The van der Waals surface area contributed by atoms with Gasteiger partial charge in [-0.15, -0.1) is 10.2 Å². The van der Waals surface area contributed by atoms with E-state index in [0.717, 1.165) is 16.3 Å². The average Bonchev–Trinajstić information content (AvgIpc) is 3.12. The molecule has 0 aliphatic heterocycles. The molecule has 3 N–H and O–H groups in total. The van der Waals surface area contributed by atoms with Gasteiger partial charge in [-0.25, -0.2) is 9.20 Å². The number of nitrogens with zero attached hydrogens (tertiary/aromatic N) is 7. The second-order valence-corrected chi connectivity index (χ2v) is 7.10. The van der Waals surface area contributed by atoms with Gasteiger partial charge in [0.2, 0.25) is 17.8 Å². The summed E-state index contributed by atoms with van der Waals surface area (Å²) in [6.45, 7) is 5.14. The summed E-state index contributed by atoms with van der Waals surface area (Å²) in [5, 5.41) is 17.3. The lowest BCUT2D eigenvalue weighted by Crippen LogP contribution is -2.38. The third-order valence-electron chi connectivity index (χ3n) is 4.04. The predicted octanol–water partition coefficient (Wildman–Crippen LogP) is -0.489. The molecule has 0 bridgehead atoms. The van der Waals surface area contributed by atoms with Gasteiger partial charge in [-0.3, -0.25) is 18.7 Å². The Bertz CT molecular complexity index is 1200. The molecule has 3 rings (SSSR count). The number of carbonyl (C=O) groups excluding carboxylic acids is 1. The minimum Gasteiger partial charge on any atom is -0.355 e. The lowest BCUT2D eigenvalue weighted by atomic mass is 10.5. The van der Waals surface area contributed by atoms with Crippen molar-refractivity contribution in [3.8, 4) is 0 Å². The number of thioether (sulfide) groups is 1. The van der Waals surface area contributed by atoms with Crippen molar-refractivity contribution in [1.29, 1.82) is 0 Å². The van der Waals surface area contributed by atoms with Crippen LogP contribution in [-0.2, 0) is 18.9 Å². The normalized spacial score (nSPS) is 10.9. The molecule has 0 radical (unpaired) electrons. The first-order valence-electron chi connectivity index (χ1n) is 9.16. The summed E-state index contributed by atoms with van der Waals surface area (Å²) in [5.74, 6) is 0.954. The summed E-state index contributed by atoms with van der Waals surface area (Å²) in [6, 6.07) is 1.19. The van der Waals surface area contributed by atoms with Gasteiger partial charge in [-0.05, 0) is 13.8 Å². The molecule has 3 aromatic heterocycles. The molecular formula is C16H22N10O3S. The van der Waals surface area contributed by atoms with Crippen molar-refractivity contribution < 1.29 is 4.79 Å². The van der Waals surface area contributed by atoms with E-state index in [2.05, 4.69) is 36.1 Å². The van der Waals surface area contributed by atoms with Gasteiger partial charge in [-0.2, -0.15) is 9.97 Å². The third kappa shape index (κ3) is 4.27. The molecule has 0 fully saturated rings. The highest BCUT2D eigenvalue weighted by Crippen LogP contribution is 2.21. The zero-order chi connectivity index (χ0) is 21.8. The van der Waals surface area contributed by atoms with Gasteiger partial charge in [0.25, 0.3) is 11.3 Å². The summed E-state index contributed by atoms with van der Waals surface area (Å²) >= 11 is 1.13. The number of hydrogen-bond acceptors (Lipinski definition) is 10. The first-order chi connectivity index (χ1) is 14.3. The largest absolute Gasteiger partial charge is 0.355 e. The van der Waals surface area contributed by atoms with Crippen molar-refractivity contribution in [2.45, 2.75) is 19.0 Å². The van der Waals surface area contributed by atoms with Crippen LogP contribution in [0.15, 0.2) is 20.8 Å². The van der Waals surface area contributed by atoms with Crippen molar-refractivity contribution >= 4 is 41.2 Å². The molecule has 0 spiro atoms. The van der Waals surface area contributed by atoms with Gasteiger partial charge in [0.05, 0.1) is 5.75 Å². The van der Waals surface area contributed by atoms with Gasteiger partial charge >= 0.3 is 5.69 Å². The Hall–Kier alpha value is -3.42. The number of aromatic nitrogens is 7. The highest BCUT2D eigenvalue weighted by molar-refractivity contribution is 7.99. The van der Waals surface area contributed by atoms with E-state index < -0.39 is 17.2 Å². The molecule has 0 atom stereocenters. The maximum atomic E-state index is 12.4. The highest BCUT2D eigenvalue weighted by Gasteiger charge is 2.16. The second-order valence-electron chi connectivity index (χ2n) is 6.15. The molecule has 0 aromatic carbocycles. The van der Waals surface area contributed by atoms with Crippen LogP contribution >= 0.6 is 11.8 Å². The molecule has 0 saturated heterocycles. The average molecular weight is 434 g/mol. The molecule has 14 heteroatoms. The second kappa shape index (κ2) is 8.94. The van der Waals surface area contributed by atoms with Crippen LogP contribution in [0.5, 0.6) is 0 Å². The molecule has 0 saturated carbocycles. The molecule has 13 nitrogen and oxygen atoms in total. The number of hydrogen-bond donors (Lipinski definition) is 3. The Morgan fingerprint density at radius 1 is 1.07 bits per heavy atom. The van der Waals surface area contributed by atoms with Crippen molar-refractivity contribution in [3.63, 3.8) is 0 Å². The summed E-state index contributed by atoms with van der Waals surface area (Å²) in [7, 11) is 2.84. The lowest BCUT2D eigenvalue weighted by molar-refractivity contribution is -0.113. The molecule has 30 heavy (non-hydrogen) atoms. The number of amides is 1. The minimum absolute atomic E-state index is 0.0231. The first-order valence-corrected chi connectivity index (χ1v) is 10.1. The molecule has 160 valence electrons. The lowest BCUT2D eigenvalue weighted by Gasteiger charge is -2.11. The Labute approximate surface area is 174 Å². The summed E-state index contributed by atoms with van der Waals surface area (Å²) in [6.07, 6.45) is 0. The molecule has 0 unspecified atom stereocenters. The monoisotopic (exact) mass is 434 g/mol. The molecule has 1 amide bonds. The van der Waals surface area contributed by atoms with E-state index >= 15 is 0 Å². The van der Waals surface area contributed by atoms with E-state index in [1.165, 1.54) is 24.7 Å². The van der Waals surface area contributed by atoms with Crippen LogP contribution in [-0.4, -0.2) is 58.4 Å². The molecule has 3 heterocycles. The number of nitrogens with one attached hydrogen (secondary N) is 3. The Morgan fingerprint density at radius 3 is 2.50 bits per heavy atom. The quantitative estimate of drug-likeness (QED) is 0.396. The van der Waals surface area contributed by atoms with E-state index in [4.69, 9.17) is 0 Å². The van der Waals surface area contributed by atoms with Gasteiger partial charge in [0.15, 0.2) is 5.16 Å². The van der Waals surface area contributed by atoms with Crippen LogP contribution in [0.4, 0.5) is 17.7 Å². The van der Waals surface area contributed by atoms with Gasteiger partial charge in [0, 0.05) is 33.3 Å². The minimum atomic E-state index is -0.530. The van der Waals surface area contributed by atoms with E-state index in [-0.39, 0.29) is 11.6 Å². The number of rotatable bonds is 8. The number of anilines is 3. The van der Waals surface area contributed by atoms with Crippen molar-refractivity contribution in [2.24, 2.45) is 14.1 Å². The maximum Gasteiger partial charge on any atom is 0.332 e. The molecule has 3 aromatic rings. The fourth-order valence-electron chi connectivity index (χ4n) is 2.56. The number of carbonyl (C=O) groups is 1. The summed E-state index contributed by atoms with van der Waals surface area (Å²) in [5.41, 5.74) is -1.04.